The van der Waals surface area contributed by atoms with Crippen LogP contribution in [0.25, 0.3) is 0 Å². The molecule has 1 atom stereocenters. The minimum absolute atomic E-state index is 0.0276. The number of rotatable bonds is 5. The van der Waals surface area contributed by atoms with Crippen LogP contribution < -0.4 is 10.5 Å². The topological polar surface area (TPSA) is 74.2 Å². The summed E-state index contributed by atoms with van der Waals surface area (Å²) >= 11 is 0. The molecule has 0 bridgehead atoms. The van der Waals surface area contributed by atoms with E-state index in [1.807, 2.05) is 32.0 Å². The Morgan fingerprint density at radius 2 is 2.25 bits per heavy atom. The first kappa shape index (κ1) is 13.1. The van der Waals surface area contributed by atoms with Crippen molar-refractivity contribution in [2.75, 3.05) is 0 Å². The summed E-state index contributed by atoms with van der Waals surface area (Å²) in [5, 5.41) is 3.97. The molecule has 5 heteroatoms. The highest BCUT2D eigenvalue weighted by atomic mass is 16.5. The van der Waals surface area contributed by atoms with Crippen molar-refractivity contribution in [3.05, 3.63) is 41.0 Å². The predicted octanol–water partition coefficient (Wildman–Crippen LogP) is 2.85. The molecule has 1 unspecified atom stereocenters. The predicted molar refractivity (Wildman–Crippen MR) is 74.4 cm³/mol. The van der Waals surface area contributed by atoms with Gasteiger partial charge in [0.25, 0.3) is 5.89 Å². The van der Waals surface area contributed by atoms with Crippen molar-refractivity contribution in [1.29, 1.82) is 0 Å². The SMILES string of the molecule is Cc1cc(C(C)N)ccc1OCc1nc(C2CC2)no1. The second-order valence-electron chi connectivity index (χ2n) is 5.42. The quantitative estimate of drug-likeness (QED) is 0.906. The van der Waals surface area contributed by atoms with E-state index in [1.165, 1.54) is 0 Å². The van der Waals surface area contributed by atoms with E-state index < -0.39 is 0 Å². The number of nitrogens with two attached hydrogens (primary N) is 1. The van der Waals surface area contributed by atoms with Crippen molar-refractivity contribution in [2.24, 2.45) is 5.73 Å². The van der Waals surface area contributed by atoms with Crippen LogP contribution in [0.2, 0.25) is 0 Å². The van der Waals surface area contributed by atoms with Gasteiger partial charge >= 0.3 is 0 Å². The number of benzene rings is 1. The molecule has 2 N–H and O–H groups in total. The Labute approximate surface area is 118 Å². The normalized spacial score (nSPS) is 16.1. The lowest BCUT2D eigenvalue weighted by Gasteiger charge is -2.11. The average molecular weight is 273 g/mol. The minimum Gasteiger partial charge on any atom is -0.483 e. The van der Waals surface area contributed by atoms with Crippen LogP contribution in [-0.2, 0) is 6.61 Å². The molecule has 20 heavy (non-hydrogen) atoms. The molecule has 1 heterocycles. The molecule has 1 fully saturated rings. The summed E-state index contributed by atoms with van der Waals surface area (Å²) in [4.78, 5) is 4.34. The van der Waals surface area contributed by atoms with Gasteiger partial charge in [0.2, 0.25) is 0 Å². The Kier molecular flexibility index (Phi) is 3.44. The maximum absolute atomic E-state index is 5.86. The van der Waals surface area contributed by atoms with Crippen molar-refractivity contribution < 1.29 is 9.26 Å². The second kappa shape index (κ2) is 5.25. The van der Waals surface area contributed by atoms with Gasteiger partial charge in [0.1, 0.15) is 5.75 Å². The number of hydrogen-bond donors (Lipinski definition) is 1. The van der Waals surface area contributed by atoms with Crippen LogP contribution >= 0.6 is 0 Å². The largest absolute Gasteiger partial charge is 0.483 e. The van der Waals surface area contributed by atoms with Gasteiger partial charge in [0.05, 0.1) is 0 Å². The summed E-state index contributed by atoms with van der Waals surface area (Å²) in [6.07, 6.45) is 2.33. The second-order valence-corrected chi connectivity index (χ2v) is 5.42. The fourth-order valence-electron chi connectivity index (χ4n) is 2.09. The molecule has 5 nitrogen and oxygen atoms in total. The zero-order chi connectivity index (χ0) is 14.1. The Bertz CT molecular complexity index is 603. The summed E-state index contributed by atoms with van der Waals surface area (Å²) in [5.74, 6) is 2.66. The van der Waals surface area contributed by atoms with Crippen LogP contribution in [0.4, 0.5) is 0 Å². The maximum atomic E-state index is 5.86. The lowest BCUT2D eigenvalue weighted by molar-refractivity contribution is 0.241. The van der Waals surface area contributed by atoms with Crippen molar-refractivity contribution in [2.45, 2.75) is 45.3 Å². The van der Waals surface area contributed by atoms with Gasteiger partial charge in [-0.25, -0.2) is 0 Å². The van der Waals surface area contributed by atoms with Crippen molar-refractivity contribution in [3.63, 3.8) is 0 Å². The van der Waals surface area contributed by atoms with E-state index in [4.69, 9.17) is 15.0 Å². The Morgan fingerprint density at radius 3 is 2.90 bits per heavy atom. The van der Waals surface area contributed by atoms with E-state index in [1.54, 1.807) is 0 Å². The van der Waals surface area contributed by atoms with E-state index in [0.717, 1.165) is 35.5 Å². The molecule has 0 amide bonds. The standard InChI is InChI=1S/C15H19N3O2/c1-9-7-12(10(2)16)5-6-13(9)19-8-14-17-15(18-20-14)11-3-4-11/h5-7,10-11H,3-4,8,16H2,1-2H3. The van der Waals surface area contributed by atoms with Crippen molar-refractivity contribution in [1.82, 2.24) is 10.1 Å². The highest BCUT2D eigenvalue weighted by Crippen LogP contribution is 2.38. The van der Waals surface area contributed by atoms with Crippen molar-refractivity contribution >= 4 is 0 Å². The molecular weight excluding hydrogens is 254 g/mol. The van der Waals surface area contributed by atoms with Gasteiger partial charge in [0, 0.05) is 12.0 Å². The number of ether oxygens (including phenoxy) is 1. The van der Waals surface area contributed by atoms with Crippen LogP contribution in [-0.4, -0.2) is 10.1 Å². The summed E-state index contributed by atoms with van der Waals surface area (Å²) in [6.45, 7) is 4.27. The molecule has 0 saturated heterocycles. The average Bonchev–Trinajstić information content (AvgIpc) is 3.17. The molecule has 106 valence electrons. The van der Waals surface area contributed by atoms with Gasteiger partial charge in [-0.2, -0.15) is 4.98 Å². The number of nitrogens with zero attached hydrogens (tertiary/aromatic N) is 2. The van der Waals surface area contributed by atoms with Crippen LogP contribution in [0.1, 0.15) is 54.6 Å². The third-order valence-corrected chi connectivity index (χ3v) is 3.50. The van der Waals surface area contributed by atoms with E-state index in [-0.39, 0.29) is 6.04 Å². The lowest BCUT2D eigenvalue weighted by atomic mass is 10.1. The highest BCUT2D eigenvalue weighted by molar-refractivity contribution is 5.37. The maximum Gasteiger partial charge on any atom is 0.264 e. The summed E-state index contributed by atoms with van der Waals surface area (Å²) in [7, 11) is 0. The van der Waals surface area contributed by atoms with E-state index in [2.05, 4.69) is 10.1 Å². The molecule has 1 saturated carbocycles. The molecule has 2 aromatic rings. The first-order chi connectivity index (χ1) is 9.63. The van der Waals surface area contributed by atoms with Gasteiger partial charge in [-0.05, 0) is 43.9 Å². The Balaban J connectivity index is 1.65. The monoisotopic (exact) mass is 273 g/mol. The molecular formula is C15H19N3O2. The molecule has 1 aliphatic rings. The third kappa shape index (κ3) is 2.82. The van der Waals surface area contributed by atoms with Gasteiger partial charge in [0.15, 0.2) is 12.4 Å². The summed E-state index contributed by atoms with van der Waals surface area (Å²) in [6, 6.07) is 5.99. The first-order valence-electron chi connectivity index (χ1n) is 6.95. The molecule has 0 radical (unpaired) electrons. The lowest BCUT2D eigenvalue weighted by Crippen LogP contribution is -2.05. The third-order valence-electron chi connectivity index (χ3n) is 3.50. The molecule has 0 aliphatic heterocycles. The van der Waals surface area contributed by atoms with Crippen LogP contribution in [0.3, 0.4) is 0 Å². The van der Waals surface area contributed by atoms with Crippen LogP contribution in [0.5, 0.6) is 5.75 Å². The van der Waals surface area contributed by atoms with E-state index in [9.17, 15) is 0 Å². The van der Waals surface area contributed by atoms with Gasteiger partial charge in [-0.3, -0.25) is 0 Å². The van der Waals surface area contributed by atoms with Crippen molar-refractivity contribution in [3.8, 4) is 5.75 Å². The van der Waals surface area contributed by atoms with E-state index in [0.29, 0.717) is 18.4 Å². The Morgan fingerprint density at radius 1 is 1.45 bits per heavy atom. The summed E-state index contributed by atoms with van der Waals surface area (Å²) < 4.78 is 10.9. The van der Waals surface area contributed by atoms with Gasteiger partial charge in [-0.1, -0.05) is 17.3 Å². The zero-order valence-electron chi connectivity index (χ0n) is 11.8. The summed E-state index contributed by atoms with van der Waals surface area (Å²) in [5.41, 5.74) is 8.02. The molecule has 1 aromatic heterocycles. The molecule has 1 aromatic carbocycles. The minimum atomic E-state index is 0.0276. The smallest absolute Gasteiger partial charge is 0.264 e. The van der Waals surface area contributed by atoms with Gasteiger partial charge < -0.3 is 15.0 Å². The number of aromatic nitrogens is 2. The molecule has 1 aliphatic carbocycles. The van der Waals surface area contributed by atoms with Crippen LogP contribution in [0, 0.1) is 6.92 Å². The zero-order valence-corrected chi connectivity index (χ0v) is 11.8. The van der Waals surface area contributed by atoms with E-state index >= 15 is 0 Å². The Hall–Kier alpha value is -1.88. The fraction of sp³-hybridized carbons (Fsp3) is 0.467. The number of aryl methyl sites for hydroxylation is 1. The molecule has 3 rings (SSSR count). The molecule has 0 spiro atoms. The van der Waals surface area contributed by atoms with Crippen LogP contribution in [0.15, 0.2) is 22.7 Å². The number of hydrogen-bond acceptors (Lipinski definition) is 5. The van der Waals surface area contributed by atoms with Gasteiger partial charge in [-0.15, -0.1) is 0 Å². The highest BCUT2D eigenvalue weighted by Gasteiger charge is 2.28. The first-order valence-corrected chi connectivity index (χ1v) is 6.95. The fourth-order valence-corrected chi connectivity index (χ4v) is 2.09.